The first-order valence-corrected chi connectivity index (χ1v) is 29.9. The first kappa shape index (κ1) is 81.7. The number of imidazole rings is 1. The number of carbonyl (C=O) groups excluding carboxylic acids is 12. The first-order valence-electron chi connectivity index (χ1n) is 29.9. The lowest BCUT2D eigenvalue weighted by atomic mass is 10.00. The fourth-order valence-electron chi connectivity index (χ4n) is 8.70. The number of primary amides is 3. The zero-order valence-corrected chi connectivity index (χ0v) is 52.4. The average Bonchev–Trinajstić information content (AvgIpc) is 0.975. The van der Waals surface area contributed by atoms with Crippen molar-refractivity contribution in [3.8, 4) is 0 Å². The predicted octanol–water partition coefficient (Wildman–Crippen LogP) is -8.85. The minimum atomic E-state index is -1.77. The van der Waals surface area contributed by atoms with Gasteiger partial charge < -0.3 is 120 Å². The highest BCUT2D eigenvalue weighted by atomic mass is 16.4. The molecule has 40 nitrogen and oxygen atoms in total. The number of nitrogens with one attached hydrogen (secondary N) is 10. The third-order valence-electron chi connectivity index (χ3n) is 13.8. The Kier molecular flexibility index (Phi) is 37.8. The van der Waals surface area contributed by atoms with Crippen LogP contribution < -0.4 is 99.5 Å². The number of aromatic nitrogens is 2. The summed E-state index contributed by atoms with van der Waals surface area (Å²) in [4.78, 5) is 212. The molecule has 94 heavy (non-hydrogen) atoms. The molecule has 1 rings (SSSR count). The van der Waals surface area contributed by atoms with E-state index in [2.05, 4.69) is 67.8 Å². The summed E-state index contributed by atoms with van der Waals surface area (Å²) in [6.07, 6.45) is -3.01. The molecule has 12 amide bonds. The number of aliphatic imine (C=N–C) groups is 2. The molecular weight excluding hydrogens is 1240 g/mol. The fraction of sp³-hybridized carbons (Fsp3) is 0.630. The summed E-state index contributed by atoms with van der Waals surface area (Å²) >= 11 is 0. The van der Waals surface area contributed by atoms with Crippen LogP contribution in [0.25, 0.3) is 0 Å². The van der Waals surface area contributed by atoms with Gasteiger partial charge in [0.2, 0.25) is 70.9 Å². The van der Waals surface area contributed by atoms with Gasteiger partial charge in [-0.25, -0.2) is 9.78 Å². The third kappa shape index (κ3) is 34.2. The van der Waals surface area contributed by atoms with Crippen molar-refractivity contribution >= 4 is 101 Å². The van der Waals surface area contributed by atoms with E-state index in [9.17, 15) is 77.0 Å². The number of nitrogens with two attached hydrogens (primary N) is 9. The van der Waals surface area contributed by atoms with Crippen LogP contribution in [0.15, 0.2) is 22.5 Å². The van der Waals surface area contributed by atoms with Crippen LogP contribution in [-0.2, 0) is 78.3 Å². The second-order valence-electron chi connectivity index (χ2n) is 22.0. The van der Waals surface area contributed by atoms with Gasteiger partial charge in [0, 0.05) is 63.5 Å². The van der Waals surface area contributed by atoms with E-state index in [1.807, 2.05) is 0 Å². The highest BCUT2D eigenvalue weighted by Crippen LogP contribution is 2.13. The van der Waals surface area contributed by atoms with Crippen LogP contribution in [0.5, 0.6) is 0 Å². The van der Waals surface area contributed by atoms with Gasteiger partial charge in [0.15, 0.2) is 11.9 Å². The summed E-state index contributed by atoms with van der Waals surface area (Å²) in [6, 6.07) is -16.1. The Morgan fingerprint density at radius 3 is 1.13 bits per heavy atom. The standard InChI is InChI=1S/C54H92N22O18/c1-26(2)42(76-49(90)31(9-6-22-66-54(62)63)70-47(88)33(12-16-38(58)78)72-50(91)36(23-27-24-64-25-67-27)75-43(84)28(56)10-18-40(80)81)51(92)73-34(13-17-39(59)79)48(89)71-32(11-15-37(57)77)46(87)69-30(8-5-21-65-53(60)61)44(85)68-29(7-3-4-20-55)45(86)74-35(52(93)94)14-19-41(82)83/h24-26,28-36,42H,3-23,55-56H2,1-2H3,(H2,57,77)(H2,58,78)(H2,59,79)(H,64,67)(H,68,85)(H,69,87)(H,70,88)(H,71,89)(H,72,91)(H,73,92)(H,74,86)(H,75,84)(H,76,90)(H,80,81)(H,82,83)(H,93,94)(H4,60,61,65)(H4,62,63,66)/t28-,29-,30-,31-,32-,33-,34-,35-,36-,42-/m0/s1. The van der Waals surface area contributed by atoms with E-state index in [1.54, 1.807) is 0 Å². The number of guanidine groups is 2. The monoisotopic (exact) mass is 1340 g/mol. The molecule has 0 radical (unpaired) electrons. The SMILES string of the molecule is CC(C)[C@H](NC(=O)[C@H](CCCN=C(N)N)NC(=O)[C@H](CCC(N)=O)NC(=O)[C@H](Cc1cnc[nH]1)NC(=O)[C@@H](N)CCC(=O)O)C(=O)N[C@@H](CCC(N)=O)C(=O)N[C@@H](CCC(N)=O)C(=O)N[C@@H](CCCN=C(N)N)C(=O)N[C@@H](CCCCN)C(=O)N[C@@H](CCC(=O)O)C(=O)O. The number of aliphatic carboxylic acids is 3. The highest BCUT2D eigenvalue weighted by molar-refractivity contribution is 5.99. The molecule has 0 spiro atoms. The van der Waals surface area contributed by atoms with Crippen molar-refractivity contribution in [2.24, 2.45) is 67.5 Å². The number of hydrogen-bond donors (Lipinski definition) is 22. The van der Waals surface area contributed by atoms with Gasteiger partial charge in [-0.1, -0.05) is 13.8 Å². The van der Waals surface area contributed by atoms with Gasteiger partial charge in [0.05, 0.1) is 12.4 Å². The van der Waals surface area contributed by atoms with E-state index in [4.69, 9.17) is 61.8 Å². The molecule has 0 saturated carbocycles. The van der Waals surface area contributed by atoms with E-state index in [0.29, 0.717) is 12.1 Å². The average molecular weight is 1340 g/mol. The Labute approximate surface area is 539 Å². The Morgan fingerprint density at radius 1 is 0.436 bits per heavy atom. The molecule has 0 bridgehead atoms. The Balaban J connectivity index is 3.74. The lowest BCUT2D eigenvalue weighted by Gasteiger charge is -2.29. The summed E-state index contributed by atoms with van der Waals surface area (Å²) in [5.41, 5.74) is 50.1. The van der Waals surface area contributed by atoms with E-state index in [0.717, 1.165) is 0 Å². The number of carboxylic acids is 3. The summed E-state index contributed by atoms with van der Waals surface area (Å²) in [5.74, 6) is -18.1. The molecule has 1 aromatic rings. The highest BCUT2D eigenvalue weighted by Gasteiger charge is 2.37. The number of carboxylic acid groups (broad SMARTS) is 3. The van der Waals surface area contributed by atoms with Gasteiger partial charge in [-0.3, -0.25) is 77.1 Å². The topological polar surface area (TPSA) is 713 Å². The molecule has 526 valence electrons. The van der Waals surface area contributed by atoms with Crippen molar-refractivity contribution in [2.45, 2.75) is 190 Å². The van der Waals surface area contributed by atoms with E-state index in [-0.39, 0.29) is 82.9 Å². The molecule has 10 atom stereocenters. The van der Waals surface area contributed by atoms with Crippen molar-refractivity contribution in [1.29, 1.82) is 0 Å². The molecule has 0 aliphatic carbocycles. The molecule has 0 fully saturated rings. The minimum Gasteiger partial charge on any atom is -0.481 e. The number of hydrogen-bond acceptors (Lipinski definition) is 20. The normalized spacial score (nSPS) is 14.1. The van der Waals surface area contributed by atoms with Crippen LogP contribution in [0.1, 0.15) is 129 Å². The van der Waals surface area contributed by atoms with Gasteiger partial charge in [0.25, 0.3) is 0 Å². The quantitative estimate of drug-likeness (QED) is 0.0164. The smallest absolute Gasteiger partial charge is 0.326 e. The number of H-pyrrole nitrogens is 1. The van der Waals surface area contributed by atoms with Crippen molar-refractivity contribution in [3.05, 3.63) is 18.2 Å². The lowest BCUT2D eigenvalue weighted by Crippen LogP contribution is -2.61. The van der Waals surface area contributed by atoms with E-state index >= 15 is 0 Å². The largest absolute Gasteiger partial charge is 0.481 e. The van der Waals surface area contributed by atoms with Crippen molar-refractivity contribution < 1.29 is 87.2 Å². The van der Waals surface area contributed by atoms with E-state index < -0.39 is 213 Å². The van der Waals surface area contributed by atoms with Crippen LogP contribution >= 0.6 is 0 Å². The molecule has 1 aromatic heterocycles. The van der Waals surface area contributed by atoms with Crippen LogP contribution in [0.2, 0.25) is 0 Å². The third-order valence-corrected chi connectivity index (χ3v) is 13.8. The maximum atomic E-state index is 14.4. The minimum absolute atomic E-state index is 0.0161. The maximum Gasteiger partial charge on any atom is 0.326 e. The van der Waals surface area contributed by atoms with Gasteiger partial charge in [-0.15, -0.1) is 0 Å². The van der Waals surface area contributed by atoms with Gasteiger partial charge in [-0.05, 0) is 89.5 Å². The fourth-order valence-corrected chi connectivity index (χ4v) is 8.70. The number of nitrogens with zero attached hydrogens (tertiary/aromatic N) is 3. The number of rotatable bonds is 49. The van der Waals surface area contributed by atoms with Gasteiger partial charge >= 0.3 is 17.9 Å². The van der Waals surface area contributed by atoms with E-state index in [1.165, 1.54) is 26.4 Å². The summed E-state index contributed by atoms with van der Waals surface area (Å²) in [5, 5.41) is 49.8. The number of amides is 12. The summed E-state index contributed by atoms with van der Waals surface area (Å²) in [7, 11) is 0. The van der Waals surface area contributed by atoms with Crippen molar-refractivity contribution in [3.63, 3.8) is 0 Å². The van der Waals surface area contributed by atoms with Crippen LogP contribution in [0, 0.1) is 5.92 Å². The molecule has 1 heterocycles. The number of unbranched alkanes of at least 4 members (excludes halogenated alkanes) is 1. The summed E-state index contributed by atoms with van der Waals surface area (Å²) in [6.45, 7) is 2.90. The number of aromatic amines is 1. The molecule has 0 aliphatic heterocycles. The second kappa shape index (κ2) is 43.5. The van der Waals surface area contributed by atoms with Gasteiger partial charge in [-0.2, -0.15) is 0 Å². The molecule has 31 N–H and O–H groups in total. The molecular formula is C54H92N22O18. The second-order valence-corrected chi connectivity index (χ2v) is 22.0. The zero-order chi connectivity index (χ0) is 71.2. The summed E-state index contributed by atoms with van der Waals surface area (Å²) < 4.78 is 0. The molecule has 0 aliphatic rings. The van der Waals surface area contributed by atoms with Crippen LogP contribution in [0.3, 0.4) is 0 Å². The Bertz CT molecular complexity index is 2810. The Hall–Kier alpha value is -10.3. The zero-order valence-electron chi connectivity index (χ0n) is 52.4. The predicted molar refractivity (Wildman–Crippen MR) is 332 cm³/mol. The molecule has 40 heteroatoms. The van der Waals surface area contributed by atoms with Crippen molar-refractivity contribution in [1.82, 2.24) is 57.8 Å². The maximum absolute atomic E-state index is 14.4. The molecule has 0 aromatic carbocycles. The van der Waals surface area contributed by atoms with Gasteiger partial charge in [0.1, 0.15) is 54.4 Å². The number of carbonyl (C=O) groups is 15. The molecule has 0 unspecified atom stereocenters. The first-order chi connectivity index (χ1) is 44.1. The van der Waals surface area contributed by atoms with Crippen LogP contribution in [-0.4, -0.2) is 206 Å². The lowest BCUT2D eigenvalue weighted by molar-refractivity contribution is -0.143. The Morgan fingerprint density at radius 2 is 0.777 bits per heavy atom. The van der Waals surface area contributed by atoms with Crippen molar-refractivity contribution in [2.75, 3.05) is 19.6 Å². The van der Waals surface area contributed by atoms with Crippen LogP contribution in [0.4, 0.5) is 0 Å². The molecule has 0 saturated heterocycles.